The number of aromatic nitrogens is 1. The summed E-state index contributed by atoms with van der Waals surface area (Å²) in [5, 5.41) is 3.41. The Balaban J connectivity index is 2.37. The Bertz CT molecular complexity index is 375. The normalized spacial score (nSPS) is 12.2. The Hall–Kier alpha value is -0.780. The fraction of sp³-hybridized carbons (Fsp3) is 0.455. The number of halogens is 1. The molecule has 1 aromatic rings. The Morgan fingerprint density at radius 1 is 1.71 bits per heavy atom. The Kier molecular flexibility index (Phi) is 6.32. The molecule has 0 aliphatic heterocycles. The average molecular weight is 274 g/mol. The molecule has 0 bridgehead atoms. The highest BCUT2D eigenvalue weighted by Gasteiger charge is 2.08. The van der Waals surface area contributed by atoms with Crippen LogP contribution in [0.15, 0.2) is 18.3 Å². The predicted molar refractivity (Wildman–Crippen MR) is 73.5 cm³/mol. The first-order chi connectivity index (χ1) is 8.13. The largest absolute Gasteiger partial charge is 0.330 e. The first-order valence-electron chi connectivity index (χ1n) is 5.35. The second-order valence-corrected chi connectivity index (χ2v) is 5.37. The zero-order valence-electron chi connectivity index (χ0n) is 9.65. The number of amides is 1. The molecule has 1 amide bonds. The maximum absolute atomic E-state index is 11.6. The zero-order chi connectivity index (χ0) is 12.7. The molecule has 1 atom stereocenters. The van der Waals surface area contributed by atoms with Crippen molar-refractivity contribution in [3.05, 3.63) is 23.5 Å². The van der Waals surface area contributed by atoms with Gasteiger partial charge in [-0.15, -0.1) is 11.8 Å². The van der Waals surface area contributed by atoms with Crippen LogP contribution in [0.5, 0.6) is 0 Å². The summed E-state index contributed by atoms with van der Waals surface area (Å²) in [4.78, 5) is 15.5. The van der Waals surface area contributed by atoms with Crippen LogP contribution in [-0.4, -0.2) is 28.4 Å². The second kappa shape index (κ2) is 7.53. The van der Waals surface area contributed by atoms with Crippen LogP contribution in [0.3, 0.4) is 0 Å². The van der Waals surface area contributed by atoms with Gasteiger partial charge in [-0.25, -0.2) is 4.98 Å². The number of anilines is 1. The fourth-order valence-electron chi connectivity index (χ4n) is 1.20. The molecule has 0 aromatic carbocycles. The lowest BCUT2D eigenvalue weighted by atomic mass is 10.3. The number of hydrogen-bond donors (Lipinski definition) is 2. The highest BCUT2D eigenvalue weighted by molar-refractivity contribution is 8.00. The monoisotopic (exact) mass is 273 g/mol. The molecule has 1 aromatic heterocycles. The van der Waals surface area contributed by atoms with Gasteiger partial charge >= 0.3 is 0 Å². The van der Waals surface area contributed by atoms with Gasteiger partial charge in [0.05, 0.1) is 11.4 Å². The molecule has 0 spiro atoms. The minimum Gasteiger partial charge on any atom is -0.330 e. The maximum atomic E-state index is 11.6. The minimum atomic E-state index is -0.0752. The molecule has 94 valence electrons. The van der Waals surface area contributed by atoms with Crippen LogP contribution in [0.4, 0.5) is 5.69 Å². The van der Waals surface area contributed by atoms with Gasteiger partial charge in [-0.1, -0.05) is 18.5 Å². The van der Waals surface area contributed by atoms with Crippen LogP contribution in [0.25, 0.3) is 0 Å². The van der Waals surface area contributed by atoms with Crippen molar-refractivity contribution in [1.29, 1.82) is 0 Å². The third kappa shape index (κ3) is 5.39. The van der Waals surface area contributed by atoms with Crippen LogP contribution < -0.4 is 11.1 Å². The molecule has 6 heteroatoms. The van der Waals surface area contributed by atoms with E-state index in [-0.39, 0.29) is 5.91 Å². The third-order valence-corrected chi connectivity index (χ3v) is 3.64. The molecular weight excluding hydrogens is 258 g/mol. The molecule has 0 radical (unpaired) electrons. The van der Waals surface area contributed by atoms with E-state index >= 15 is 0 Å². The maximum Gasteiger partial charge on any atom is 0.234 e. The van der Waals surface area contributed by atoms with E-state index in [0.29, 0.717) is 28.4 Å². The Labute approximate surface area is 110 Å². The van der Waals surface area contributed by atoms with Crippen LogP contribution in [0, 0.1) is 0 Å². The summed E-state index contributed by atoms with van der Waals surface area (Å²) in [6.45, 7) is 2.70. The summed E-state index contributed by atoms with van der Waals surface area (Å²) < 4.78 is 0. The van der Waals surface area contributed by atoms with Crippen molar-refractivity contribution < 1.29 is 4.79 Å². The third-order valence-electron chi connectivity index (χ3n) is 2.11. The van der Waals surface area contributed by atoms with Gasteiger partial charge in [0, 0.05) is 11.4 Å². The number of nitrogens with one attached hydrogen (secondary N) is 1. The van der Waals surface area contributed by atoms with Crippen molar-refractivity contribution in [3.8, 4) is 0 Å². The van der Waals surface area contributed by atoms with Crippen molar-refractivity contribution in [2.24, 2.45) is 5.73 Å². The zero-order valence-corrected chi connectivity index (χ0v) is 11.2. The quantitative estimate of drug-likeness (QED) is 0.780. The van der Waals surface area contributed by atoms with Crippen molar-refractivity contribution in [2.45, 2.75) is 18.6 Å². The lowest BCUT2D eigenvalue weighted by Crippen LogP contribution is -2.17. The fourth-order valence-corrected chi connectivity index (χ4v) is 2.18. The molecule has 0 aliphatic carbocycles. The van der Waals surface area contributed by atoms with Crippen molar-refractivity contribution in [3.63, 3.8) is 0 Å². The van der Waals surface area contributed by atoms with Gasteiger partial charge in [0.1, 0.15) is 0 Å². The van der Waals surface area contributed by atoms with E-state index in [9.17, 15) is 4.79 Å². The summed E-state index contributed by atoms with van der Waals surface area (Å²) in [5.74, 6) is 0.320. The summed E-state index contributed by atoms with van der Waals surface area (Å²) in [6, 6.07) is 3.45. The van der Waals surface area contributed by atoms with Crippen molar-refractivity contribution >= 4 is 35.0 Å². The summed E-state index contributed by atoms with van der Waals surface area (Å²) in [7, 11) is 0. The van der Waals surface area contributed by atoms with E-state index in [2.05, 4.69) is 17.2 Å². The van der Waals surface area contributed by atoms with Gasteiger partial charge in [-0.3, -0.25) is 4.79 Å². The van der Waals surface area contributed by atoms with Gasteiger partial charge in [-0.2, -0.15) is 0 Å². The smallest absolute Gasteiger partial charge is 0.234 e. The summed E-state index contributed by atoms with van der Waals surface area (Å²) >= 11 is 7.41. The Morgan fingerprint density at radius 3 is 3.12 bits per heavy atom. The average Bonchev–Trinajstić information content (AvgIpc) is 2.30. The first kappa shape index (κ1) is 14.3. The number of nitrogens with zero attached hydrogens (tertiary/aromatic N) is 1. The highest BCUT2D eigenvalue weighted by Crippen LogP contribution is 2.18. The molecule has 0 fully saturated rings. The predicted octanol–water partition coefficient (Wildman–Crippen LogP) is 2.14. The first-order valence-corrected chi connectivity index (χ1v) is 6.78. The van der Waals surface area contributed by atoms with Gasteiger partial charge in [-0.05, 0) is 25.1 Å². The van der Waals surface area contributed by atoms with Crippen LogP contribution in [-0.2, 0) is 4.79 Å². The minimum absolute atomic E-state index is 0.0752. The number of hydrogen-bond acceptors (Lipinski definition) is 4. The SMILES string of the molecule is CC(CCN)SCC(=O)Nc1cccnc1Cl. The number of pyridine rings is 1. The van der Waals surface area contributed by atoms with E-state index in [1.807, 2.05) is 0 Å². The molecule has 0 saturated carbocycles. The molecule has 0 saturated heterocycles. The Morgan fingerprint density at radius 2 is 2.47 bits per heavy atom. The van der Waals surface area contributed by atoms with E-state index in [4.69, 9.17) is 17.3 Å². The standard InChI is InChI=1S/C11H16ClN3OS/c1-8(4-5-13)17-7-10(16)15-9-3-2-6-14-11(9)12/h2-3,6,8H,4-5,7,13H2,1H3,(H,15,16). The molecular formula is C11H16ClN3OS. The number of thioether (sulfide) groups is 1. The van der Waals surface area contributed by atoms with Crippen molar-refractivity contribution in [1.82, 2.24) is 4.98 Å². The molecule has 0 aliphatic rings. The van der Waals surface area contributed by atoms with Crippen LogP contribution in [0.2, 0.25) is 5.15 Å². The molecule has 1 rings (SSSR count). The summed E-state index contributed by atoms with van der Waals surface area (Å²) in [6.07, 6.45) is 2.49. The van der Waals surface area contributed by atoms with Gasteiger partial charge in [0.2, 0.25) is 5.91 Å². The van der Waals surface area contributed by atoms with Gasteiger partial charge in [0.25, 0.3) is 0 Å². The van der Waals surface area contributed by atoms with Gasteiger partial charge in [0.15, 0.2) is 5.15 Å². The molecule has 1 unspecified atom stereocenters. The summed E-state index contributed by atoms with van der Waals surface area (Å²) in [5.41, 5.74) is 5.99. The number of carbonyl (C=O) groups is 1. The molecule has 17 heavy (non-hydrogen) atoms. The highest BCUT2D eigenvalue weighted by atomic mass is 35.5. The molecule has 3 N–H and O–H groups in total. The lowest BCUT2D eigenvalue weighted by molar-refractivity contribution is -0.113. The molecule has 1 heterocycles. The van der Waals surface area contributed by atoms with Crippen LogP contribution in [0.1, 0.15) is 13.3 Å². The van der Waals surface area contributed by atoms with Gasteiger partial charge < -0.3 is 11.1 Å². The topological polar surface area (TPSA) is 68.0 Å². The van der Waals surface area contributed by atoms with E-state index < -0.39 is 0 Å². The number of carbonyl (C=O) groups excluding carboxylic acids is 1. The van der Waals surface area contributed by atoms with E-state index in [1.54, 1.807) is 30.1 Å². The number of nitrogens with two attached hydrogens (primary N) is 1. The van der Waals surface area contributed by atoms with Crippen molar-refractivity contribution in [2.75, 3.05) is 17.6 Å². The molecule has 4 nitrogen and oxygen atoms in total. The number of rotatable bonds is 6. The van der Waals surface area contributed by atoms with Crippen LogP contribution >= 0.6 is 23.4 Å². The second-order valence-electron chi connectivity index (χ2n) is 3.59. The van der Waals surface area contributed by atoms with E-state index in [0.717, 1.165) is 6.42 Å². The van der Waals surface area contributed by atoms with E-state index in [1.165, 1.54) is 0 Å². The lowest BCUT2D eigenvalue weighted by Gasteiger charge is -2.10.